The fourth-order valence-electron chi connectivity index (χ4n) is 1.72. The lowest BCUT2D eigenvalue weighted by molar-refractivity contribution is 0.677. The lowest BCUT2D eigenvalue weighted by atomic mass is 10.2. The van der Waals surface area contributed by atoms with Gasteiger partial charge in [-0.1, -0.05) is 41.7 Å². The van der Waals surface area contributed by atoms with Crippen LogP contribution in [0.4, 0.5) is 0 Å². The third-order valence-corrected chi connectivity index (χ3v) is 3.87. The van der Waals surface area contributed by atoms with Crippen molar-refractivity contribution in [3.05, 3.63) is 35.3 Å². The highest BCUT2D eigenvalue weighted by Crippen LogP contribution is 2.23. The van der Waals surface area contributed by atoms with Crippen molar-refractivity contribution in [2.24, 2.45) is 0 Å². The van der Waals surface area contributed by atoms with E-state index in [0.717, 1.165) is 34.6 Å². The van der Waals surface area contributed by atoms with Crippen molar-refractivity contribution < 1.29 is 0 Å². The number of nitrogens with zero attached hydrogens (tertiary/aromatic N) is 2. The summed E-state index contributed by atoms with van der Waals surface area (Å²) in [4.78, 5) is 0. The Morgan fingerprint density at radius 2 is 2.00 bits per heavy atom. The molecule has 0 unspecified atom stereocenters. The molecule has 17 heavy (non-hydrogen) atoms. The first kappa shape index (κ1) is 10.9. The minimum Gasteiger partial charge on any atom is -0.314 e. The van der Waals surface area contributed by atoms with Gasteiger partial charge in [-0.25, -0.2) is 0 Å². The Balaban J connectivity index is 1.61. The standard InChI is InChI=1S/C13H15N3S/c1-2-4-10(5-3-1)13-16-15-12(17-13)8-9-14-11-6-7-11/h1-5,11,14H,6-9H2. The van der Waals surface area contributed by atoms with Crippen molar-refractivity contribution in [3.8, 4) is 10.6 Å². The molecule has 88 valence electrons. The number of aromatic nitrogens is 2. The van der Waals surface area contributed by atoms with Crippen LogP contribution in [-0.4, -0.2) is 22.8 Å². The average molecular weight is 245 g/mol. The molecule has 4 heteroatoms. The van der Waals surface area contributed by atoms with Gasteiger partial charge in [0.2, 0.25) is 0 Å². The van der Waals surface area contributed by atoms with Gasteiger partial charge in [0.15, 0.2) is 0 Å². The second kappa shape index (κ2) is 4.94. The predicted molar refractivity (Wildman–Crippen MR) is 70.1 cm³/mol. The van der Waals surface area contributed by atoms with Gasteiger partial charge >= 0.3 is 0 Å². The third kappa shape index (κ3) is 2.90. The normalized spacial score (nSPS) is 15.1. The molecular weight excluding hydrogens is 230 g/mol. The van der Waals surface area contributed by atoms with Crippen LogP contribution in [0.2, 0.25) is 0 Å². The zero-order valence-electron chi connectivity index (χ0n) is 9.60. The Labute approximate surface area is 105 Å². The monoisotopic (exact) mass is 245 g/mol. The highest BCUT2D eigenvalue weighted by molar-refractivity contribution is 7.14. The zero-order chi connectivity index (χ0) is 11.5. The lowest BCUT2D eigenvalue weighted by Crippen LogP contribution is -2.19. The van der Waals surface area contributed by atoms with Crippen molar-refractivity contribution in [1.82, 2.24) is 15.5 Å². The number of hydrogen-bond donors (Lipinski definition) is 1. The molecule has 1 saturated carbocycles. The molecule has 0 saturated heterocycles. The van der Waals surface area contributed by atoms with E-state index in [1.807, 2.05) is 18.2 Å². The summed E-state index contributed by atoms with van der Waals surface area (Å²) in [6, 6.07) is 11.0. The molecule has 1 heterocycles. The molecule has 2 aromatic rings. The number of rotatable bonds is 5. The molecule has 0 bridgehead atoms. The summed E-state index contributed by atoms with van der Waals surface area (Å²) < 4.78 is 0. The maximum absolute atomic E-state index is 4.24. The molecule has 1 aromatic carbocycles. The molecule has 0 amide bonds. The van der Waals surface area contributed by atoms with Crippen molar-refractivity contribution in [1.29, 1.82) is 0 Å². The van der Waals surface area contributed by atoms with Crippen LogP contribution >= 0.6 is 11.3 Å². The summed E-state index contributed by atoms with van der Waals surface area (Å²) in [6.45, 7) is 1.02. The van der Waals surface area contributed by atoms with Crippen molar-refractivity contribution in [2.45, 2.75) is 25.3 Å². The zero-order valence-corrected chi connectivity index (χ0v) is 10.4. The Morgan fingerprint density at radius 1 is 1.18 bits per heavy atom. The van der Waals surface area contributed by atoms with E-state index in [-0.39, 0.29) is 0 Å². The Hall–Kier alpha value is -1.26. The molecule has 1 N–H and O–H groups in total. The molecule has 0 atom stereocenters. The smallest absolute Gasteiger partial charge is 0.147 e. The van der Waals surface area contributed by atoms with Gasteiger partial charge in [-0.05, 0) is 12.8 Å². The van der Waals surface area contributed by atoms with Crippen molar-refractivity contribution >= 4 is 11.3 Å². The van der Waals surface area contributed by atoms with Crippen molar-refractivity contribution in [2.75, 3.05) is 6.54 Å². The fraction of sp³-hybridized carbons (Fsp3) is 0.385. The molecular formula is C13H15N3S. The molecule has 1 fully saturated rings. The molecule has 3 nitrogen and oxygen atoms in total. The van der Waals surface area contributed by atoms with E-state index in [9.17, 15) is 0 Å². The second-order valence-electron chi connectivity index (χ2n) is 4.35. The topological polar surface area (TPSA) is 37.8 Å². The number of hydrogen-bond acceptors (Lipinski definition) is 4. The van der Waals surface area contributed by atoms with Gasteiger partial charge in [-0.3, -0.25) is 0 Å². The minimum atomic E-state index is 0.775. The molecule has 1 aliphatic rings. The largest absolute Gasteiger partial charge is 0.314 e. The SMILES string of the molecule is c1ccc(-c2nnc(CCNC3CC3)s2)cc1. The summed E-state index contributed by atoms with van der Waals surface area (Å²) in [5, 5.41) is 14.1. The molecule has 1 aliphatic carbocycles. The summed E-state index contributed by atoms with van der Waals surface area (Å²) in [5.41, 5.74) is 1.16. The molecule has 3 rings (SSSR count). The first-order valence-corrected chi connectivity index (χ1v) is 6.84. The summed E-state index contributed by atoms with van der Waals surface area (Å²) >= 11 is 1.70. The van der Waals surface area contributed by atoms with Crippen LogP contribution < -0.4 is 5.32 Å². The van der Waals surface area contributed by atoms with Gasteiger partial charge < -0.3 is 5.32 Å². The van der Waals surface area contributed by atoms with Crippen LogP contribution in [0.3, 0.4) is 0 Å². The van der Waals surface area contributed by atoms with E-state index in [0.29, 0.717) is 0 Å². The van der Waals surface area contributed by atoms with Gasteiger partial charge in [-0.2, -0.15) is 0 Å². The van der Waals surface area contributed by atoms with Gasteiger partial charge in [0.25, 0.3) is 0 Å². The van der Waals surface area contributed by atoms with Crippen LogP contribution in [0.1, 0.15) is 17.8 Å². The summed E-state index contributed by atoms with van der Waals surface area (Å²) in [7, 11) is 0. The first-order valence-electron chi connectivity index (χ1n) is 6.03. The van der Waals surface area contributed by atoms with E-state index in [4.69, 9.17) is 0 Å². The Morgan fingerprint density at radius 3 is 2.76 bits per heavy atom. The fourth-order valence-corrected chi connectivity index (χ4v) is 2.57. The summed E-state index contributed by atoms with van der Waals surface area (Å²) in [6.07, 6.45) is 3.66. The lowest BCUT2D eigenvalue weighted by Gasteiger charge is -1.97. The minimum absolute atomic E-state index is 0.775. The van der Waals surface area contributed by atoms with E-state index in [2.05, 4.69) is 27.6 Å². The third-order valence-electron chi connectivity index (χ3n) is 2.84. The molecule has 0 aliphatic heterocycles. The van der Waals surface area contributed by atoms with Crippen LogP contribution in [-0.2, 0) is 6.42 Å². The maximum atomic E-state index is 4.24. The summed E-state index contributed by atoms with van der Waals surface area (Å²) in [5.74, 6) is 0. The van der Waals surface area contributed by atoms with Crippen LogP contribution in [0.25, 0.3) is 10.6 Å². The van der Waals surface area contributed by atoms with Gasteiger partial charge in [0.05, 0.1) is 0 Å². The van der Waals surface area contributed by atoms with E-state index < -0.39 is 0 Å². The Kier molecular flexibility index (Phi) is 3.16. The highest BCUT2D eigenvalue weighted by atomic mass is 32.1. The average Bonchev–Trinajstić information content (AvgIpc) is 3.07. The van der Waals surface area contributed by atoms with E-state index >= 15 is 0 Å². The van der Waals surface area contributed by atoms with Crippen LogP contribution in [0.15, 0.2) is 30.3 Å². The van der Waals surface area contributed by atoms with Crippen LogP contribution in [0.5, 0.6) is 0 Å². The van der Waals surface area contributed by atoms with E-state index in [1.165, 1.54) is 12.8 Å². The first-order chi connectivity index (χ1) is 8.42. The molecule has 0 spiro atoms. The molecule has 1 aromatic heterocycles. The van der Waals surface area contributed by atoms with Crippen LogP contribution in [0, 0.1) is 0 Å². The number of nitrogens with one attached hydrogen (secondary N) is 1. The quantitative estimate of drug-likeness (QED) is 0.879. The van der Waals surface area contributed by atoms with Gasteiger partial charge in [-0.15, -0.1) is 10.2 Å². The van der Waals surface area contributed by atoms with Crippen molar-refractivity contribution in [3.63, 3.8) is 0 Å². The second-order valence-corrected chi connectivity index (χ2v) is 5.41. The van der Waals surface area contributed by atoms with E-state index in [1.54, 1.807) is 11.3 Å². The molecule has 0 radical (unpaired) electrons. The van der Waals surface area contributed by atoms with Gasteiger partial charge in [0, 0.05) is 24.6 Å². The maximum Gasteiger partial charge on any atom is 0.147 e. The Bertz CT molecular complexity index is 476. The number of benzene rings is 1. The highest BCUT2D eigenvalue weighted by Gasteiger charge is 2.19. The van der Waals surface area contributed by atoms with Gasteiger partial charge in [0.1, 0.15) is 10.0 Å². The predicted octanol–water partition coefficient (Wildman–Crippen LogP) is 2.50.